The molecule has 93 heavy (non-hydrogen) atoms. The molecule has 0 amide bonds. The second-order valence-electron chi connectivity index (χ2n) is 26.8. The number of para-hydroxylation sites is 4. The summed E-state index contributed by atoms with van der Waals surface area (Å²) in [6.07, 6.45) is 0. The Kier molecular flexibility index (Phi) is 10.7. The minimum Gasteiger partial charge on any atom is -0.309 e. The molecule has 3 heterocycles. The lowest BCUT2D eigenvalue weighted by Crippen LogP contribution is -2.26. The molecule has 6 aliphatic rings. The molecular weight excluding hydrogens is 1120 g/mol. The van der Waals surface area contributed by atoms with Gasteiger partial charge in [-0.05, 0) is 221 Å². The smallest absolute Gasteiger partial charge is 0.0725 e. The fourth-order valence-corrected chi connectivity index (χ4v) is 17.9. The number of aromatic nitrogens is 1. The van der Waals surface area contributed by atoms with Crippen LogP contribution in [0.5, 0.6) is 0 Å². The van der Waals surface area contributed by atoms with Crippen molar-refractivity contribution in [1.82, 2.24) is 4.57 Å². The first kappa shape index (κ1) is 52.3. The molecule has 0 N–H and O–H groups in total. The van der Waals surface area contributed by atoms with Gasteiger partial charge in [-0.25, -0.2) is 0 Å². The highest BCUT2D eigenvalue weighted by Crippen LogP contribution is 2.67. The van der Waals surface area contributed by atoms with Crippen LogP contribution < -0.4 is 9.80 Å². The van der Waals surface area contributed by atoms with Crippen molar-refractivity contribution in [2.24, 2.45) is 0 Å². The molecule has 0 fully saturated rings. The molecule has 21 rings (SSSR count). The van der Waals surface area contributed by atoms with Gasteiger partial charge >= 0.3 is 0 Å². The summed E-state index contributed by atoms with van der Waals surface area (Å²) in [5.41, 5.74) is 35.6. The molecule has 3 heteroatoms. The molecular formula is C90H61N3. The van der Waals surface area contributed by atoms with E-state index < -0.39 is 10.8 Å². The van der Waals surface area contributed by atoms with Crippen molar-refractivity contribution in [3.05, 3.63) is 366 Å². The van der Waals surface area contributed by atoms with E-state index in [9.17, 15) is 0 Å². The van der Waals surface area contributed by atoms with Gasteiger partial charge < -0.3 is 14.4 Å². The summed E-state index contributed by atoms with van der Waals surface area (Å²) < 4.78 is 2.42. The number of nitrogens with zero attached hydrogens (tertiary/aromatic N) is 3. The van der Waals surface area contributed by atoms with Gasteiger partial charge in [0.05, 0.1) is 27.8 Å². The molecule has 0 saturated heterocycles. The summed E-state index contributed by atoms with van der Waals surface area (Å²) in [6, 6.07) is 120. The highest BCUT2D eigenvalue weighted by atomic mass is 15.2. The van der Waals surface area contributed by atoms with Gasteiger partial charge in [0.25, 0.3) is 0 Å². The molecule has 436 valence electrons. The molecule has 1 spiro atoms. The van der Waals surface area contributed by atoms with Crippen LogP contribution in [0.15, 0.2) is 315 Å². The van der Waals surface area contributed by atoms with E-state index in [0.29, 0.717) is 0 Å². The molecule has 2 atom stereocenters. The Bertz CT molecular complexity index is 5700. The molecule has 2 unspecified atom stereocenters. The maximum atomic E-state index is 2.61. The Labute approximate surface area is 542 Å². The van der Waals surface area contributed by atoms with Gasteiger partial charge in [-0.15, -0.1) is 0 Å². The van der Waals surface area contributed by atoms with Crippen molar-refractivity contribution >= 4 is 55.9 Å². The van der Waals surface area contributed by atoms with Gasteiger partial charge in [0.15, 0.2) is 0 Å². The average molecular weight is 1180 g/mol. The topological polar surface area (TPSA) is 11.4 Å². The quantitative estimate of drug-likeness (QED) is 0.164. The van der Waals surface area contributed by atoms with Gasteiger partial charge in [-0.1, -0.05) is 232 Å². The third kappa shape index (κ3) is 6.93. The van der Waals surface area contributed by atoms with E-state index in [-0.39, 0.29) is 5.41 Å². The summed E-state index contributed by atoms with van der Waals surface area (Å²) >= 11 is 0. The SMILES string of the molecule is CC1(C)c2ccccc2-c2ccc(N(c3ccccc3)c3cc4ccc3N(c3ccccc3)c3ccc5c(c3)C(C)(c3ccc6c(c3)-c3c-4cccc3C63c4ccccc4-c4c(-c6ccc7c(c6)c6ccccc6n7-c6ccccc6)cccc43)c3ccccc3-5)cc21. The lowest BCUT2D eigenvalue weighted by molar-refractivity contribution is 0.660. The van der Waals surface area contributed by atoms with E-state index >= 15 is 0 Å². The Hall–Kier alpha value is -11.5. The normalized spacial score (nSPS) is 16.7. The molecule has 4 aliphatic carbocycles. The maximum Gasteiger partial charge on any atom is 0.0725 e. The van der Waals surface area contributed by atoms with Crippen LogP contribution in [0.1, 0.15) is 70.8 Å². The van der Waals surface area contributed by atoms with Crippen LogP contribution in [0.3, 0.4) is 0 Å². The van der Waals surface area contributed by atoms with Crippen LogP contribution in [-0.4, -0.2) is 4.57 Å². The highest BCUT2D eigenvalue weighted by molar-refractivity contribution is 6.12. The molecule has 3 nitrogen and oxygen atoms in total. The average Bonchev–Trinajstić information content (AvgIpc) is 1.50. The summed E-state index contributed by atoms with van der Waals surface area (Å²) in [5.74, 6) is 0. The van der Waals surface area contributed by atoms with Crippen molar-refractivity contribution in [1.29, 1.82) is 0 Å². The van der Waals surface area contributed by atoms with Crippen molar-refractivity contribution in [3.63, 3.8) is 0 Å². The zero-order valence-corrected chi connectivity index (χ0v) is 51.9. The van der Waals surface area contributed by atoms with E-state index in [4.69, 9.17) is 0 Å². The molecule has 2 aliphatic heterocycles. The third-order valence-corrected chi connectivity index (χ3v) is 22.0. The van der Waals surface area contributed by atoms with Crippen LogP contribution >= 0.6 is 0 Å². The molecule has 6 bridgehead atoms. The van der Waals surface area contributed by atoms with Crippen LogP contribution in [0.4, 0.5) is 34.1 Å². The number of rotatable bonds is 6. The van der Waals surface area contributed by atoms with E-state index in [2.05, 4.69) is 351 Å². The summed E-state index contributed by atoms with van der Waals surface area (Å²) in [5, 5.41) is 2.49. The van der Waals surface area contributed by atoms with Crippen LogP contribution in [0.25, 0.3) is 94.3 Å². The van der Waals surface area contributed by atoms with E-state index in [1.54, 1.807) is 0 Å². The lowest BCUT2D eigenvalue weighted by Gasteiger charge is -2.35. The Morgan fingerprint density at radius 2 is 0.839 bits per heavy atom. The van der Waals surface area contributed by atoms with Crippen LogP contribution in [-0.2, 0) is 16.2 Å². The van der Waals surface area contributed by atoms with Crippen molar-refractivity contribution in [2.75, 3.05) is 9.80 Å². The fourth-order valence-electron chi connectivity index (χ4n) is 17.9. The Morgan fingerprint density at radius 3 is 1.60 bits per heavy atom. The largest absolute Gasteiger partial charge is 0.309 e. The lowest BCUT2D eigenvalue weighted by atomic mass is 9.69. The van der Waals surface area contributed by atoms with Crippen molar-refractivity contribution in [2.45, 2.75) is 37.0 Å². The molecule has 1 aromatic heterocycles. The molecule has 0 saturated carbocycles. The van der Waals surface area contributed by atoms with Gasteiger partial charge in [-0.2, -0.15) is 0 Å². The van der Waals surface area contributed by atoms with Crippen molar-refractivity contribution < 1.29 is 0 Å². The summed E-state index contributed by atoms with van der Waals surface area (Å²) in [6.45, 7) is 7.27. The first-order valence-corrected chi connectivity index (χ1v) is 32.7. The maximum absolute atomic E-state index is 2.61. The predicted molar refractivity (Wildman–Crippen MR) is 386 cm³/mol. The number of hydrogen-bond donors (Lipinski definition) is 0. The van der Waals surface area contributed by atoms with Gasteiger partial charge in [-0.3, -0.25) is 0 Å². The minimum atomic E-state index is -0.653. The van der Waals surface area contributed by atoms with Crippen LogP contribution in [0.2, 0.25) is 0 Å². The van der Waals surface area contributed by atoms with Gasteiger partial charge in [0.2, 0.25) is 0 Å². The Morgan fingerprint density at radius 1 is 0.290 bits per heavy atom. The predicted octanol–water partition coefficient (Wildman–Crippen LogP) is 23.4. The fraction of sp³-hybridized carbons (Fsp3) is 0.0667. The second-order valence-corrected chi connectivity index (χ2v) is 26.8. The minimum absolute atomic E-state index is 0.212. The highest BCUT2D eigenvalue weighted by Gasteiger charge is 2.54. The van der Waals surface area contributed by atoms with E-state index in [1.807, 2.05) is 0 Å². The number of benzene rings is 14. The standard InChI is InChI=1S/C90H61N3/c1-88(2)74-35-17-13-29-66(74)68-46-44-62(54-80(68)88)92(60-25-9-5-10-26-60)85-52-57-42-50-84(85)91(59-23-7-4-8-24-59)63-45-47-69-67-30-14-18-36-75(67)89(3,81(69)55-63)58-43-48-77-73(53-58)87-65(57)34-22-39-79(87)90(77)76-37-19-15-32-71(76)86-64(33-21-38-78(86)90)56-41-49-83-72(51-56)70-31-16-20-40-82(70)93(83)61-27-11-6-12-28-61/h4-55H,1-3H3. The number of fused-ring (bicyclic) bond motifs is 17. The summed E-state index contributed by atoms with van der Waals surface area (Å²) in [7, 11) is 0. The first-order valence-electron chi connectivity index (χ1n) is 32.7. The zero-order valence-electron chi connectivity index (χ0n) is 51.9. The van der Waals surface area contributed by atoms with Gasteiger partial charge in [0, 0.05) is 50.0 Å². The van der Waals surface area contributed by atoms with Gasteiger partial charge in [0.1, 0.15) is 0 Å². The number of anilines is 6. The first-order chi connectivity index (χ1) is 45.8. The van der Waals surface area contributed by atoms with Crippen LogP contribution in [0, 0.1) is 0 Å². The monoisotopic (exact) mass is 1180 g/mol. The van der Waals surface area contributed by atoms with E-state index in [1.165, 1.54) is 133 Å². The summed E-state index contributed by atoms with van der Waals surface area (Å²) in [4.78, 5) is 5.05. The number of hydrogen-bond acceptors (Lipinski definition) is 2. The third-order valence-electron chi connectivity index (χ3n) is 22.0. The Balaban J connectivity index is 0.878. The molecule has 15 aromatic rings. The molecule has 14 aromatic carbocycles. The second kappa shape index (κ2) is 19.0. The molecule has 0 radical (unpaired) electrons. The zero-order chi connectivity index (χ0) is 61.5. The van der Waals surface area contributed by atoms with Crippen molar-refractivity contribution in [3.8, 4) is 72.4 Å². The van der Waals surface area contributed by atoms with E-state index in [0.717, 1.165) is 45.4 Å².